The second-order valence-electron chi connectivity index (χ2n) is 7.43. The highest BCUT2D eigenvalue weighted by Gasteiger charge is 2.29. The number of sulfonamides is 1. The summed E-state index contributed by atoms with van der Waals surface area (Å²) in [6.45, 7) is 1.47. The monoisotopic (exact) mass is 465 g/mol. The fraction of sp³-hybridized carbons (Fsp3) is 0.167. The zero-order valence-corrected chi connectivity index (χ0v) is 18.8. The average Bonchev–Trinajstić information content (AvgIpc) is 2.81. The summed E-state index contributed by atoms with van der Waals surface area (Å²) >= 11 is 0. The molecular weight excluding hydrogens is 442 g/mol. The molecule has 1 aliphatic rings. The second kappa shape index (κ2) is 9.33. The Balaban J connectivity index is 1.59. The molecule has 0 radical (unpaired) electrons. The molecule has 0 saturated carbocycles. The van der Waals surface area contributed by atoms with Crippen molar-refractivity contribution in [1.82, 2.24) is 0 Å². The van der Waals surface area contributed by atoms with Crippen molar-refractivity contribution in [3.05, 3.63) is 78.4 Å². The second-order valence-corrected chi connectivity index (χ2v) is 9.11. The number of amides is 2. The van der Waals surface area contributed by atoms with Gasteiger partial charge in [0.1, 0.15) is 12.3 Å². The van der Waals surface area contributed by atoms with E-state index in [1.54, 1.807) is 36.4 Å². The SMILES string of the molecule is CCc1ccccc1NC(=O)CN1C(=O)COc2ccc(S(=O)(=O)Nc3ccccc3)cc21. The molecule has 9 heteroatoms. The van der Waals surface area contributed by atoms with Gasteiger partial charge < -0.3 is 10.1 Å². The van der Waals surface area contributed by atoms with E-state index in [-0.39, 0.29) is 23.7 Å². The summed E-state index contributed by atoms with van der Waals surface area (Å²) < 4.78 is 33.7. The van der Waals surface area contributed by atoms with Gasteiger partial charge in [-0.25, -0.2) is 8.42 Å². The topological polar surface area (TPSA) is 105 Å². The largest absolute Gasteiger partial charge is 0.482 e. The maximum atomic E-state index is 12.9. The lowest BCUT2D eigenvalue weighted by atomic mass is 10.1. The van der Waals surface area contributed by atoms with Crippen molar-refractivity contribution in [2.24, 2.45) is 0 Å². The molecule has 0 fully saturated rings. The van der Waals surface area contributed by atoms with E-state index in [1.165, 1.54) is 23.1 Å². The summed E-state index contributed by atoms with van der Waals surface area (Å²) in [7, 11) is -3.92. The zero-order valence-electron chi connectivity index (χ0n) is 17.9. The van der Waals surface area contributed by atoms with Gasteiger partial charge >= 0.3 is 0 Å². The first-order valence-corrected chi connectivity index (χ1v) is 11.9. The third-order valence-corrected chi connectivity index (χ3v) is 6.56. The van der Waals surface area contributed by atoms with Gasteiger partial charge in [0.2, 0.25) is 5.91 Å². The van der Waals surface area contributed by atoms with Crippen LogP contribution in [0, 0.1) is 0 Å². The molecule has 4 rings (SSSR count). The number of fused-ring (bicyclic) bond motifs is 1. The number of hydrogen-bond acceptors (Lipinski definition) is 5. The summed E-state index contributed by atoms with van der Waals surface area (Å²) in [5.41, 5.74) is 2.28. The van der Waals surface area contributed by atoms with Crippen LogP contribution in [0.3, 0.4) is 0 Å². The van der Waals surface area contributed by atoms with E-state index in [4.69, 9.17) is 4.74 Å². The quantitative estimate of drug-likeness (QED) is 0.556. The van der Waals surface area contributed by atoms with Crippen LogP contribution in [-0.4, -0.2) is 33.4 Å². The van der Waals surface area contributed by atoms with Gasteiger partial charge in [0.25, 0.3) is 15.9 Å². The van der Waals surface area contributed by atoms with Gasteiger partial charge in [0.15, 0.2) is 6.61 Å². The molecule has 2 amide bonds. The van der Waals surface area contributed by atoms with Gasteiger partial charge in [-0.15, -0.1) is 0 Å². The highest BCUT2D eigenvalue weighted by Crippen LogP contribution is 2.34. The van der Waals surface area contributed by atoms with Gasteiger partial charge in [-0.1, -0.05) is 43.3 Å². The number of rotatable bonds is 7. The summed E-state index contributed by atoms with van der Waals surface area (Å²) in [4.78, 5) is 26.5. The molecule has 1 aliphatic heterocycles. The molecule has 0 unspecified atom stereocenters. The number of nitrogens with one attached hydrogen (secondary N) is 2. The Morgan fingerprint density at radius 2 is 1.76 bits per heavy atom. The van der Waals surface area contributed by atoms with Crippen LogP contribution in [-0.2, 0) is 26.0 Å². The van der Waals surface area contributed by atoms with E-state index in [1.807, 2.05) is 25.1 Å². The van der Waals surface area contributed by atoms with Gasteiger partial charge in [-0.3, -0.25) is 19.2 Å². The van der Waals surface area contributed by atoms with Crippen LogP contribution in [0.15, 0.2) is 77.7 Å². The van der Waals surface area contributed by atoms with Crippen molar-refractivity contribution in [2.45, 2.75) is 18.2 Å². The summed E-state index contributed by atoms with van der Waals surface area (Å²) in [6.07, 6.45) is 0.741. The number of nitrogens with zero attached hydrogens (tertiary/aromatic N) is 1. The molecule has 0 aromatic heterocycles. The predicted octanol–water partition coefficient (Wildman–Crippen LogP) is 3.41. The van der Waals surface area contributed by atoms with Crippen molar-refractivity contribution >= 4 is 38.9 Å². The normalized spacial score (nSPS) is 13.1. The van der Waals surface area contributed by atoms with Crippen LogP contribution < -0.4 is 19.7 Å². The van der Waals surface area contributed by atoms with E-state index < -0.39 is 21.8 Å². The Labute approximate surface area is 192 Å². The fourth-order valence-electron chi connectivity index (χ4n) is 3.53. The number of benzene rings is 3. The Morgan fingerprint density at radius 1 is 1.03 bits per heavy atom. The third kappa shape index (κ3) is 4.98. The highest BCUT2D eigenvalue weighted by molar-refractivity contribution is 7.92. The molecule has 3 aromatic carbocycles. The van der Waals surface area contributed by atoms with Crippen molar-refractivity contribution < 1.29 is 22.7 Å². The van der Waals surface area contributed by atoms with Crippen LogP contribution >= 0.6 is 0 Å². The van der Waals surface area contributed by atoms with Crippen molar-refractivity contribution in [1.29, 1.82) is 0 Å². The van der Waals surface area contributed by atoms with Crippen LogP contribution in [0.4, 0.5) is 17.1 Å². The molecule has 0 saturated heterocycles. The minimum Gasteiger partial charge on any atom is -0.482 e. The lowest BCUT2D eigenvalue weighted by molar-refractivity contribution is -0.123. The molecule has 1 heterocycles. The molecule has 8 nitrogen and oxygen atoms in total. The Bertz CT molecular complexity index is 1290. The first kappa shape index (κ1) is 22.3. The number of hydrogen-bond donors (Lipinski definition) is 2. The van der Waals surface area contributed by atoms with Crippen LogP contribution in [0.1, 0.15) is 12.5 Å². The molecule has 0 atom stereocenters. The first-order valence-electron chi connectivity index (χ1n) is 10.4. The summed E-state index contributed by atoms with van der Waals surface area (Å²) in [6, 6.07) is 20.1. The number of anilines is 3. The van der Waals surface area contributed by atoms with Crippen LogP contribution in [0.5, 0.6) is 5.75 Å². The lowest BCUT2D eigenvalue weighted by Gasteiger charge is -2.29. The summed E-state index contributed by atoms with van der Waals surface area (Å²) in [5.74, 6) is -0.505. The number of aryl methyl sites for hydroxylation is 1. The number of para-hydroxylation sites is 2. The number of ether oxygens (including phenoxy) is 1. The van der Waals surface area contributed by atoms with Gasteiger partial charge in [-0.2, -0.15) is 0 Å². The molecule has 0 bridgehead atoms. The molecule has 3 aromatic rings. The minimum atomic E-state index is -3.92. The van der Waals surface area contributed by atoms with E-state index in [0.29, 0.717) is 17.1 Å². The Kier molecular flexibility index (Phi) is 6.32. The van der Waals surface area contributed by atoms with E-state index >= 15 is 0 Å². The molecule has 0 spiro atoms. The van der Waals surface area contributed by atoms with E-state index in [9.17, 15) is 18.0 Å². The average molecular weight is 466 g/mol. The fourth-order valence-corrected chi connectivity index (χ4v) is 4.60. The maximum Gasteiger partial charge on any atom is 0.265 e. The maximum absolute atomic E-state index is 12.9. The zero-order chi connectivity index (χ0) is 23.4. The molecule has 33 heavy (non-hydrogen) atoms. The minimum absolute atomic E-state index is 0.0508. The number of carbonyl (C=O) groups excluding carboxylic acids is 2. The highest BCUT2D eigenvalue weighted by atomic mass is 32.2. The molecule has 170 valence electrons. The predicted molar refractivity (Wildman–Crippen MR) is 126 cm³/mol. The van der Waals surface area contributed by atoms with Crippen LogP contribution in [0.25, 0.3) is 0 Å². The van der Waals surface area contributed by atoms with Crippen molar-refractivity contribution in [3.8, 4) is 5.75 Å². The molecular formula is C24H23N3O5S. The number of carbonyl (C=O) groups is 2. The lowest BCUT2D eigenvalue weighted by Crippen LogP contribution is -2.43. The molecule has 2 N–H and O–H groups in total. The van der Waals surface area contributed by atoms with Gasteiger partial charge in [-0.05, 0) is 48.4 Å². The van der Waals surface area contributed by atoms with E-state index in [2.05, 4.69) is 10.0 Å². The van der Waals surface area contributed by atoms with Crippen molar-refractivity contribution in [2.75, 3.05) is 28.1 Å². The van der Waals surface area contributed by atoms with Crippen molar-refractivity contribution in [3.63, 3.8) is 0 Å². The first-order chi connectivity index (χ1) is 15.9. The Hall–Kier alpha value is -3.85. The van der Waals surface area contributed by atoms with Gasteiger partial charge in [0.05, 0.1) is 10.6 Å². The Morgan fingerprint density at radius 3 is 2.52 bits per heavy atom. The van der Waals surface area contributed by atoms with Gasteiger partial charge in [0, 0.05) is 11.4 Å². The standard InChI is InChI=1S/C24H23N3O5S/c1-2-17-8-6-7-11-20(17)25-23(28)15-27-21-14-19(12-13-22(21)32-16-24(27)29)33(30,31)26-18-9-4-3-5-10-18/h3-14,26H,2,15-16H2,1H3,(H,25,28). The molecule has 0 aliphatic carbocycles. The third-order valence-electron chi connectivity index (χ3n) is 5.18. The van der Waals surface area contributed by atoms with E-state index in [0.717, 1.165) is 12.0 Å². The van der Waals surface area contributed by atoms with Crippen LogP contribution in [0.2, 0.25) is 0 Å². The smallest absolute Gasteiger partial charge is 0.265 e. The summed E-state index contributed by atoms with van der Waals surface area (Å²) in [5, 5.41) is 2.83.